The maximum absolute atomic E-state index is 13.2. The van der Waals surface area contributed by atoms with E-state index in [9.17, 15) is 9.59 Å². The molecule has 2 aromatic heterocycles. The van der Waals surface area contributed by atoms with Crippen molar-refractivity contribution in [3.63, 3.8) is 0 Å². The van der Waals surface area contributed by atoms with E-state index in [4.69, 9.17) is 4.74 Å². The Kier molecular flexibility index (Phi) is 6.08. The highest BCUT2D eigenvalue weighted by Gasteiger charge is 2.16. The molecule has 6 nitrogen and oxygen atoms in total. The molecule has 1 amide bonds. The van der Waals surface area contributed by atoms with Crippen molar-refractivity contribution in [1.82, 2.24) is 14.9 Å². The van der Waals surface area contributed by atoms with Crippen LogP contribution in [-0.2, 0) is 13.0 Å². The normalized spacial score (nSPS) is 10.7. The second kappa shape index (κ2) is 9.26. The summed E-state index contributed by atoms with van der Waals surface area (Å²) >= 11 is 0. The standard InChI is InChI=1S/C25H23N3O3/c1-31-22-12-6-5-10-19(22)13-15-27-24(29)21-16-20-11-7-14-26-23(20)28(25(21)30)17-18-8-3-2-4-9-18/h2-12,14,16H,13,15,17H2,1H3,(H,27,29). The van der Waals surface area contributed by atoms with E-state index in [2.05, 4.69) is 10.3 Å². The molecule has 31 heavy (non-hydrogen) atoms. The Hall–Kier alpha value is -3.93. The van der Waals surface area contributed by atoms with Crippen molar-refractivity contribution in [2.45, 2.75) is 13.0 Å². The first-order chi connectivity index (χ1) is 15.2. The van der Waals surface area contributed by atoms with Gasteiger partial charge in [0.25, 0.3) is 11.5 Å². The Bertz CT molecular complexity index is 1270. The Morgan fingerprint density at radius 2 is 1.81 bits per heavy atom. The maximum Gasteiger partial charge on any atom is 0.265 e. The van der Waals surface area contributed by atoms with Crippen LogP contribution in [0.4, 0.5) is 0 Å². The summed E-state index contributed by atoms with van der Waals surface area (Å²) in [7, 11) is 1.62. The minimum atomic E-state index is -0.396. The van der Waals surface area contributed by atoms with E-state index in [0.29, 0.717) is 25.2 Å². The van der Waals surface area contributed by atoms with Crippen molar-refractivity contribution in [3.05, 3.63) is 106 Å². The van der Waals surface area contributed by atoms with Gasteiger partial charge in [-0.25, -0.2) is 4.98 Å². The van der Waals surface area contributed by atoms with Crippen LogP contribution in [0.5, 0.6) is 5.75 Å². The van der Waals surface area contributed by atoms with Gasteiger partial charge in [0.15, 0.2) is 0 Å². The average molecular weight is 413 g/mol. The van der Waals surface area contributed by atoms with Crippen LogP contribution in [-0.4, -0.2) is 29.1 Å². The SMILES string of the molecule is COc1ccccc1CCNC(=O)c1cc2cccnc2n(Cc2ccccc2)c1=O. The van der Waals surface area contributed by atoms with Crippen molar-refractivity contribution >= 4 is 16.9 Å². The molecule has 0 aliphatic carbocycles. The van der Waals surface area contributed by atoms with Gasteiger partial charge in [0.1, 0.15) is 17.0 Å². The lowest BCUT2D eigenvalue weighted by molar-refractivity contribution is 0.0952. The Morgan fingerprint density at radius 1 is 1.03 bits per heavy atom. The van der Waals surface area contributed by atoms with E-state index in [-0.39, 0.29) is 11.1 Å². The highest BCUT2D eigenvalue weighted by Crippen LogP contribution is 2.17. The summed E-state index contributed by atoms with van der Waals surface area (Å²) < 4.78 is 6.91. The highest BCUT2D eigenvalue weighted by molar-refractivity contribution is 5.96. The number of para-hydroxylation sites is 1. The van der Waals surface area contributed by atoms with Gasteiger partial charge in [-0.1, -0.05) is 48.5 Å². The number of nitrogens with zero attached hydrogens (tertiary/aromatic N) is 2. The van der Waals surface area contributed by atoms with Crippen molar-refractivity contribution < 1.29 is 9.53 Å². The molecule has 4 rings (SSSR count). The number of nitrogens with one attached hydrogen (secondary N) is 1. The number of pyridine rings is 2. The molecule has 0 atom stereocenters. The number of ether oxygens (including phenoxy) is 1. The Morgan fingerprint density at radius 3 is 2.61 bits per heavy atom. The van der Waals surface area contributed by atoms with E-state index in [1.54, 1.807) is 30.0 Å². The fraction of sp³-hybridized carbons (Fsp3) is 0.160. The predicted molar refractivity (Wildman–Crippen MR) is 121 cm³/mol. The molecule has 4 aromatic rings. The van der Waals surface area contributed by atoms with E-state index in [1.165, 1.54) is 0 Å². The van der Waals surface area contributed by atoms with Crippen LogP contribution in [0.3, 0.4) is 0 Å². The zero-order chi connectivity index (χ0) is 21.6. The number of amides is 1. The summed E-state index contributed by atoms with van der Waals surface area (Å²) in [6.45, 7) is 0.734. The summed E-state index contributed by atoms with van der Waals surface area (Å²) in [5.41, 5.74) is 2.27. The molecular weight excluding hydrogens is 390 g/mol. The molecule has 0 unspecified atom stereocenters. The van der Waals surface area contributed by atoms with Crippen LogP contribution in [0.2, 0.25) is 0 Å². The number of fused-ring (bicyclic) bond motifs is 1. The van der Waals surface area contributed by atoms with Gasteiger partial charge >= 0.3 is 0 Å². The van der Waals surface area contributed by atoms with Crippen LogP contribution in [0.1, 0.15) is 21.5 Å². The molecule has 2 heterocycles. The monoisotopic (exact) mass is 413 g/mol. The van der Waals surface area contributed by atoms with Crippen LogP contribution >= 0.6 is 0 Å². The van der Waals surface area contributed by atoms with Gasteiger partial charge in [0.2, 0.25) is 0 Å². The zero-order valence-corrected chi connectivity index (χ0v) is 17.2. The molecule has 1 N–H and O–H groups in total. The van der Waals surface area contributed by atoms with Gasteiger partial charge in [0.05, 0.1) is 13.7 Å². The fourth-order valence-corrected chi connectivity index (χ4v) is 3.60. The first-order valence-corrected chi connectivity index (χ1v) is 10.1. The van der Waals surface area contributed by atoms with Crippen LogP contribution in [0, 0.1) is 0 Å². The van der Waals surface area contributed by atoms with E-state index < -0.39 is 5.91 Å². The molecule has 0 fully saturated rings. The molecule has 0 spiro atoms. The molecule has 0 bridgehead atoms. The summed E-state index contributed by atoms with van der Waals surface area (Å²) in [6.07, 6.45) is 2.25. The van der Waals surface area contributed by atoms with E-state index in [0.717, 1.165) is 22.3 Å². The third-order valence-corrected chi connectivity index (χ3v) is 5.15. The topological polar surface area (TPSA) is 73.2 Å². The molecule has 156 valence electrons. The molecule has 2 aromatic carbocycles. The Labute approximate surface area is 180 Å². The first-order valence-electron chi connectivity index (χ1n) is 10.1. The number of benzene rings is 2. The van der Waals surface area contributed by atoms with Crippen LogP contribution in [0.25, 0.3) is 11.0 Å². The smallest absolute Gasteiger partial charge is 0.265 e. The lowest BCUT2D eigenvalue weighted by atomic mass is 10.1. The van der Waals surface area contributed by atoms with Crippen molar-refractivity contribution in [2.75, 3.05) is 13.7 Å². The number of rotatable bonds is 7. The fourth-order valence-electron chi connectivity index (χ4n) is 3.60. The predicted octanol–water partition coefficient (Wildman–Crippen LogP) is 3.43. The lowest BCUT2D eigenvalue weighted by Gasteiger charge is -2.13. The summed E-state index contributed by atoms with van der Waals surface area (Å²) in [5, 5.41) is 3.61. The van der Waals surface area contributed by atoms with Gasteiger partial charge in [-0.2, -0.15) is 0 Å². The molecule has 0 radical (unpaired) electrons. The van der Waals surface area contributed by atoms with Crippen molar-refractivity contribution in [1.29, 1.82) is 0 Å². The number of hydrogen-bond acceptors (Lipinski definition) is 4. The molecule has 0 saturated carbocycles. The lowest BCUT2D eigenvalue weighted by Crippen LogP contribution is -2.34. The molecule has 0 aliphatic heterocycles. The number of hydrogen-bond donors (Lipinski definition) is 1. The molecular formula is C25H23N3O3. The minimum absolute atomic E-state index is 0.108. The minimum Gasteiger partial charge on any atom is -0.496 e. The number of methoxy groups -OCH3 is 1. The van der Waals surface area contributed by atoms with Crippen LogP contribution < -0.4 is 15.6 Å². The highest BCUT2D eigenvalue weighted by atomic mass is 16.5. The van der Waals surface area contributed by atoms with Gasteiger partial charge in [-0.15, -0.1) is 0 Å². The van der Waals surface area contributed by atoms with E-state index in [1.807, 2.05) is 60.7 Å². The van der Waals surface area contributed by atoms with Gasteiger partial charge in [-0.05, 0) is 41.8 Å². The number of carbonyl (C=O) groups is 1. The average Bonchev–Trinajstić information content (AvgIpc) is 2.81. The van der Waals surface area contributed by atoms with E-state index >= 15 is 0 Å². The van der Waals surface area contributed by atoms with Crippen molar-refractivity contribution in [2.24, 2.45) is 0 Å². The number of carbonyl (C=O) groups excluding carboxylic acids is 1. The van der Waals surface area contributed by atoms with Gasteiger partial charge < -0.3 is 10.1 Å². The maximum atomic E-state index is 13.2. The summed E-state index contributed by atoms with van der Waals surface area (Å²) in [5.74, 6) is 0.381. The van der Waals surface area contributed by atoms with Gasteiger partial charge in [0, 0.05) is 18.1 Å². The number of aromatic nitrogens is 2. The molecule has 6 heteroatoms. The summed E-state index contributed by atoms with van der Waals surface area (Å²) in [6, 6.07) is 22.6. The van der Waals surface area contributed by atoms with Crippen LogP contribution in [0.15, 0.2) is 83.8 Å². The first kappa shape index (κ1) is 20.3. The van der Waals surface area contributed by atoms with Crippen molar-refractivity contribution in [3.8, 4) is 5.75 Å². The Balaban J connectivity index is 1.60. The molecule has 0 aliphatic rings. The largest absolute Gasteiger partial charge is 0.496 e. The summed E-state index contributed by atoms with van der Waals surface area (Å²) in [4.78, 5) is 30.5. The third-order valence-electron chi connectivity index (χ3n) is 5.15. The second-order valence-electron chi connectivity index (χ2n) is 7.17. The third kappa shape index (κ3) is 4.48. The molecule has 0 saturated heterocycles. The second-order valence-corrected chi connectivity index (χ2v) is 7.17. The quantitative estimate of drug-likeness (QED) is 0.504. The van der Waals surface area contributed by atoms with Gasteiger partial charge in [-0.3, -0.25) is 14.2 Å². The zero-order valence-electron chi connectivity index (χ0n) is 17.2.